The number of halogens is 2. The van der Waals surface area contributed by atoms with Gasteiger partial charge < -0.3 is 14.8 Å². The van der Waals surface area contributed by atoms with Gasteiger partial charge in [0, 0.05) is 11.6 Å². The summed E-state index contributed by atoms with van der Waals surface area (Å²) in [5, 5.41) is 15.1. The zero-order chi connectivity index (χ0) is 21.6. The van der Waals surface area contributed by atoms with E-state index in [1.54, 1.807) is 24.3 Å². The largest absolute Gasteiger partial charge is 0.484 e. The van der Waals surface area contributed by atoms with Crippen molar-refractivity contribution >= 4 is 11.6 Å². The van der Waals surface area contributed by atoms with Crippen molar-refractivity contribution < 1.29 is 23.0 Å². The maximum absolute atomic E-state index is 13.2. The number of nitrogens with zero attached hydrogens (tertiary/aromatic N) is 4. The molecule has 31 heavy (non-hydrogen) atoms. The molecular weight excluding hydrogens is 408 g/mol. The maximum Gasteiger partial charge on any atom is 0.258 e. The van der Waals surface area contributed by atoms with Crippen LogP contribution in [-0.2, 0) is 4.79 Å². The van der Waals surface area contributed by atoms with Crippen molar-refractivity contribution in [1.29, 1.82) is 0 Å². The Hall–Kier alpha value is -4.08. The molecular formula is C21H17F2N5O3. The number of aromatic nitrogens is 4. The normalized spacial score (nSPS) is 10.8. The van der Waals surface area contributed by atoms with E-state index in [4.69, 9.17) is 9.47 Å². The van der Waals surface area contributed by atoms with Gasteiger partial charge in [-0.25, -0.2) is 8.78 Å². The van der Waals surface area contributed by atoms with Crippen molar-refractivity contribution in [3.05, 3.63) is 72.3 Å². The van der Waals surface area contributed by atoms with Crippen molar-refractivity contribution in [2.75, 3.05) is 19.8 Å². The van der Waals surface area contributed by atoms with Crippen LogP contribution in [0.25, 0.3) is 17.0 Å². The molecule has 0 unspecified atom stereocenters. The first kappa shape index (κ1) is 20.2. The first-order valence-electron chi connectivity index (χ1n) is 9.35. The van der Waals surface area contributed by atoms with Crippen LogP contribution in [0.2, 0.25) is 0 Å². The summed E-state index contributed by atoms with van der Waals surface area (Å²) in [7, 11) is 0. The van der Waals surface area contributed by atoms with Gasteiger partial charge in [-0.1, -0.05) is 0 Å². The lowest BCUT2D eigenvalue weighted by Gasteiger charge is -2.09. The average molecular weight is 425 g/mol. The molecule has 2 aromatic heterocycles. The number of benzene rings is 2. The van der Waals surface area contributed by atoms with Crippen molar-refractivity contribution in [2.45, 2.75) is 0 Å². The highest BCUT2D eigenvalue weighted by atomic mass is 19.1. The molecule has 0 radical (unpaired) electrons. The molecule has 158 valence electrons. The van der Waals surface area contributed by atoms with Gasteiger partial charge in [0.1, 0.15) is 24.0 Å². The second-order valence-corrected chi connectivity index (χ2v) is 6.41. The van der Waals surface area contributed by atoms with Gasteiger partial charge in [-0.05, 0) is 54.6 Å². The zero-order valence-electron chi connectivity index (χ0n) is 16.2. The monoisotopic (exact) mass is 425 g/mol. The number of nitrogens with one attached hydrogen (secondary N) is 1. The predicted octanol–water partition coefficient (Wildman–Crippen LogP) is 2.64. The molecule has 4 rings (SSSR count). The Morgan fingerprint density at radius 2 is 1.61 bits per heavy atom. The Labute approximate surface area is 175 Å². The van der Waals surface area contributed by atoms with E-state index in [1.807, 2.05) is 0 Å². The Balaban J connectivity index is 1.29. The van der Waals surface area contributed by atoms with E-state index in [1.165, 1.54) is 40.9 Å². The van der Waals surface area contributed by atoms with Crippen LogP contribution in [0.4, 0.5) is 8.78 Å². The number of hydrogen-bond donors (Lipinski definition) is 1. The van der Waals surface area contributed by atoms with Crippen LogP contribution in [0.5, 0.6) is 11.6 Å². The Kier molecular flexibility index (Phi) is 5.97. The Morgan fingerprint density at radius 3 is 2.35 bits per heavy atom. The van der Waals surface area contributed by atoms with Gasteiger partial charge in [-0.15, -0.1) is 15.3 Å². The number of ether oxygens (including phenoxy) is 2. The molecule has 8 nitrogen and oxygen atoms in total. The van der Waals surface area contributed by atoms with Crippen LogP contribution in [0.1, 0.15) is 0 Å². The predicted molar refractivity (Wildman–Crippen MR) is 107 cm³/mol. The van der Waals surface area contributed by atoms with Gasteiger partial charge in [0.25, 0.3) is 5.91 Å². The van der Waals surface area contributed by atoms with Crippen LogP contribution < -0.4 is 14.8 Å². The van der Waals surface area contributed by atoms with E-state index in [0.29, 0.717) is 28.7 Å². The summed E-state index contributed by atoms with van der Waals surface area (Å²) in [6, 6.07) is 14.6. The SMILES string of the molecule is O=C(COc1ccc(F)cc1)NCCOc1ccc2nnc(-c3ccc(F)cc3)n2n1. The highest BCUT2D eigenvalue weighted by Crippen LogP contribution is 2.19. The third kappa shape index (κ3) is 5.10. The van der Waals surface area contributed by atoms with Gasteiger partial charge in [-0.3, -0.25) is 4.79 Å². The molecule has 0 fully saturated rings. The summed E-state index contributed by atoms with van der Waals surface area (Å²) in [6.07, 6.45) is 0. The zero-order valence-corrected chi connectivity index (χ0v) is 16.2. The second-order valence-electron chi connectivity index (χ2n) is 6.41. The first-order chi connectivity index (χ1) is 15.1. The van der Waals surface area contributed by atoms with Crippen molar-refractivity contribution in [3.8, 4) is 23.0 Å². The van der Waals surface area contributed by atoms with E-state index in [2.05, 4.69) is 20.6 Å². The molecule has 0 aliphatic heterocycles. The fraction of sp³-hybridized carbons (Fsp3) is 0.143. The number of hydrogen-bond acceptors (Lipinski definition) is 6. The third-order valence-electron chi connectivity index (χ3n) is 4.20. The molecule has 10 heteroatoms. The first-order valence-corrected chi connectivity index (χ1v) is 9.35. The molecule has 1 N–H and O–H groups in total. The standard InChI is InChI=1S/C21H17F2N5O3/c22-15-3-1-14(2-4-15)21-26-25-18-9-10-20(27-28(18)21)30-12-11-24-19(29)13-31-17-7-5-16(23)6-8-17/h1-10H,11-13H2,(H,24,29). The van der Waals surface area contributed by atoms with E-state index in [9.17, 15) is 13.6 Å². The molecule has 2 aromatic carbocycles. The molecule has 0 saturated carbocycles. The van der Waals surface area contributed by atoms with Gasteiger partial charge >= 0.3 is 0 Å². The van der Waals surface area contributed by atoms with Gasteiger partial charge in [-0.2, -0.15) is 4.52 Å². The van der Waals surface area contributed by atoms with E-state index >= 15 is 0 Å². The van der Waals surface area contributed by atoms with Crippen molar-refractivity contribution in [2.24, 2.45) is 0 Å². The number of rotatable bonds is 8. The van der Waals surface area contributed by atoms with E-state index in [0.717, 1.165) is 0 Å². The summed E-state index contributed by atoms with van der Waals surface area (Å²) in [6.45, 7) is 0.213. The van der Waals surface area contributed by atoms with Gasteiger partial charge in [0.15, 0.2) is 18.1 Å². The minimum absolute atomic E-state index is 0.175. The molecule has 4 aromatic rings. The minimum atomic E-state index is -0.378. The lowest BCUT2D eigenvalue weighted by Crippen LogP contribution is -2.32. The average Bonchev–Trinajstić information content (AvgIpc) is 3.20. The van der Waals surface area contributed by atoms with Crippen LogP contribution in [-0.4, -0.2) is 45.5 Å². The molecule has 0 atom stereocenters. The molecule has 0 saturated heterocycles. The van der Waals surface area contributed by atoms with E-state index < -0.39 is 0 Å². The third-order valence-corrected chi connectivity index (χ3v) is 4.20. The molecule has 0 spiro atoms. The number of amides is 1. The molecule has 0 aliphatic rings. The maximum atomic E-state index is 13.2. The minimum Gasteiger partial charge on any atom is -0.484 e. The fourth-order valence-electron chi connectivity index (χ4n) is 2.70. The second kappa shape index (κ2) is 9.16. The van der Waals surface area contributed by atoms with E-state index in [-0.39, 0.29) is 37.3 Å². The fourth-order valence-corrected chi connectivity index (χ4v) is 2.70. The van der Waals surface area contributed by atoms with Crippen LogP contribution >= 0.6 is 0 Å². The Bertz CT molecular complexity index is 1180. The quantitative estimate of drug-likeness (QED) is 0.437. The summed E-state index contributed by atoms with van der Waals surface area (Å²) >= 11 is 0. The van der Waals surface area contributed by atoms with Crippen LogP contribution in [0.15, 0.2) is 60.7 Å². The summed E-state index contributed by atoms with van der Waals surface area (Å²) in [4.78, 5) is 11.8. The summed E-state index contributed by atoms with van der Waals surface area (Å²) in [5.41, 5.74) is 1.17. The lowest BCUT2D eigenvalue weighted by atomic mass is 10.2. The highest BCUT2D eigenvalue weighted by molar-refractivity contribution is 5.77. The Morgan fingerprint density at radius 1 is 0.903 bits per heavy atom. The molecule has 0 aliphatic carbocycles. The van der Waals surface area contributed by atoms with Crippen molar-refractivity contribution in [3.63, 3.8) is 0 Å². The number of carbonyl (C=O) groups is 1. The topological polar surface area (TPSA) is 90.6 Å². The summed E-state index contributed by atoms with van der Waals surface area (Å²) in [5.74, 6) is 0.0979. The lowest BCUT2D eigenvalue weighted by molar-refractivity contribution is -0.123. The number of carbonyl (C=O) groups excluding carboxylic acids is 1. The molecule has 0 bridgehead atoms. The number of fused-ring (bicyclic) bond motifs is 1. The van der Waals surface area contributed by atoms with Crippen LogP contribution in [0.3, 0.4) is 0 Å². The van der Waals surface area contributed by atoms with Gasteiger partial charge in [0.2, 0.25) is 5.88 Å². The molecule has 2 heterocycles. The van der Waals surface area contributed by atoms with Gasteiger partial charge in [0.05, 0.1) is 6.54 Å². The van der Waals surface area contributed by atoms with Crippen molar-refractivity contribution in [1.82, 2.24) is 25.1 Å². The molecule has 1 amide bonds. The summed E-state index contributed by atoms with van der Waals surface area (Å²) < 4.78 is 38.3. The smallest absolute Gasteiger partial charge is 0.258 e. The van der Waals surface area contributed by atoms with Crippen LogP contribution in [0, 0.1) is 11.6 Å². The highest BCUT2D eigenvalue weighted by Gasteiger charge is 2.11.